The zero-order valence-electron chi connectivity index (χ0n) is 15.9. The van der Waals surface area contributed by atoms with E-state index in [1.54, 1.807) is 7.11 Å². The highest BCUT2D eigenvalue weighted by Gasteiger charge is 2.24. The molecule has 1 amide bonds. The number of nitrogens with zero attached hydrogens (tertiary/aromatic N) is 1. The molecule has 1 saturated heterocycles. The van der Waals surface area contributed by atoms with Crippen LogP contribution in [0.2, 0.25) is 0 Å². The SMILES string of the molecule is COc1cccc(C(CNC(=O)CCOc2ccccc2)N2CCCC2)c1. The maximum atomic E-state index is 12.3. The molecule has 0 bridgehead atoms. The van der Waals surface area contributed by atoms with E-state index in [0.717, 1.165) is 24.6 Å². The van der Waals surface area contributed by atoms with Gasteiger partial charge in [-0.1, -0.05) is 30.3 Å². The molecule has 27 heavy (non-hydrogen) atoms. The van der Waals surface area contributed by atoms with Crippen LogP contribution in [0.15, 0.2) is 54.6 Å². The van der Waals surface area contributed by atoms with E-state index in [0.29, 0.717) is 19.6 Å². The summed E-state index contributed by atoms with van der Waals surface area (Å²) in [5.41, 5.74) is 1.18. The third-order valence-corrected chi connectivity index (χ3v) is 4.89. The Bertz CT molecular complexity index is 715. The molecule has 1 aliphatic heterocycles. The molecule has 1 N–H and O–H groups in total. The number of rotatable bonds is 9. The molecule has 1 atom stereocenters. The van der Waals surface area contributed by atoms with Crippen LogP contribution in [0.1, 0.15) is 30.9 Å². The van der Waals surface area contributed by atoms with Gasteiger partial charge in [-0.05, 0) is 55.8 Å². The molecule has 0 aromatic heterocycles. The number of carbonyl (C=O) groups excluding carboxylic acids is 1. The number of para-hydroxylation sites is 1. The average Bonchev–Trinajstić information content (AvgIpc) is 3.24. The summed E-state index contributed by atoms with van der Waals surface area (Å²) in [4.78, 5) is 14.7. The molecular weight excluding hydrogens is 340 g/mol. The normalized spacial score (nSPS) is 15.3. The van der Waals surface area contributed by atoms with Gasteiger partial charge in [0.2, 0.25) is 5.91 Å². The van der Waals surface area contributed by atoms with E-state index in [2.05, 4.69) is 22.3 Å². The molecule has 1 aliphatic rings. The molecule has 2 aromatic carbocycles. The standard InChI is InChI=1S/C22H28N2O3/c1-26-20-11-7-8-18(16-20)21(24-13-5-6-14-24)17-23-22(25)12-15-27-19-9-3-2-4-10-19/h2-4,7-11,16,21H,5-6,12-15,17H2,1H3,(H,23,25). The highest BCUT2D eigenvalue weighted by Crippen LogP contribution is 2.27. The number of amides is 1. The van der Waals surface area contributed by atoms with Gasteiger partial charge in [-0.25, -0.2) is 0 Å². The van der Waals surface area contributed by atoms with Crippen molar-refractivity contribution in [2.24, 2.45) is 0 Å². The number of hydrogen-bond donors (Lipinski definition) is 1. The number of carbonyl (C=O) groups is 1. The minimum atomic E-state index is 0.0121. The molecular formula is C22H28N2O3. The quantitative estimate of drug-likeness (QED) is 0.737. The highest BCUT2D eigenvalue weighted by atomic mass is 16.5. The molecule has 1 heterocycles. The van der Waals surface area contributed by atoms with Gasteiger partial charge in [0.15, 0.2) is 0 Å². The largest absolute Gasteiger partial charge is 0.497 e. The van der Waals surface area contributed by atoms with Crippen molar-refractivity contribution in [1.82, 2.24) is 10.2 Å². The Labute approximate surface area is 161 Å². The number of likely N-dealkylation sites (tertiary alicyclic amines) is 1. The van der Waals surface area contributed by atoms with Gasteiger partial charge in [0.1, 0.15) is 11.5 Å². The summed E-state index contributed by atoms with van der Waals surface area (Å²) in [6, 6.07) is 17.9. The van der Waals surface area contributed by atoms with Crippen LogP contribution in [0.4, 0.5) is 0 Å². The van der Waals surface area contributed by atoms with Crippen molar-refractivity contribution in [3.8, 4) is 11.5 Å². The number of nitrogens with one attached hydrogen (secondary N) is 1. The van der Waals surface area contributed by atoms with E-state index < -0.39 is 0 Å². The fourth-order valence-corrected chi connectivity index (χ4v) is 3.44. The summed E-state index contributed by atoms with van der Waals surface area (Å²) in [6.07, 6.45) is 2.76. The molecule has 3 rings (SSSR count). The van der Waals surface area contributed by atoms with Crippen LogP contribution < -0.4 is 14.8 Å². The lowest BCUT2D eigenvalue weighted by Crippen LogP contribution is -2.37. The third-order valence-electron chi connectivity index (χ3n) is 4.89. The van der Waals surface area contributed by atoms with Crippen molar-refractivity contribution in [3.05, 3.63) is 60.2 Å². The second-order valence-electron chi connectivity index (χ2n) is 6.75. The van der Waals surface area contributed by atoms with Crippen molar-refractivity contribution in [2.75, 3.05) is 33.4 Å². The monoisotopic (exact) mass is 368 g/mol. The van der Waals surface area contributed by atoms with Gasteiger partial charge in [-0.15, -0.1) is 0 Å². The maximum Gasteiger partial charge on any atom is 0.223 e. The van der Waals surface area contributed by atoms with Crippen LogP contribution in [-0.4, -0.2) is 44.2 Å². The predicted molar refractivity (Wildman–Crippen MR) is 106 cm³/mol. The van der Waals surface area contributed by atoms with Crippen molar-refractivity contribution in [3.63, 3.8) is 0 Å². The Kier molecular flexibility index (Phi) is 7.11. The summed E-state index contributed by atoms with van der Waals surface area (Å²) < 4.78 is 11.0. The van der Waals surface area contributed by atoms with E-state index in [9.17, 15) is 4.79 Å². The van der Waals surface area contributed by atoms with Crippen LogP contribution in [0.5, 0.6) is 11.5 Å². The second kappa shape index (κ2) is 9.97. The first-order valence-corrected chi connectivity index (χ1v) is 9.59. The van der Waals surface area contributed by atoms with Crippen molar-refractivity contribution < 1.29 is 14.3 Å². The van der Waals surface area contributed by atoms with Gasteiger partial charge in [-0.2, -0.15) is 0 Å². The molecule has 144 valence electrons. The molecule has 1 fully saturated rings. The number of benzene rings is 2. The van der Waals surface area contributed by atoms with E-state index in [4.69, 9.17) is 9.47 Å². The lowest BCUT2D eigenvalue weighted by molar-refractivity contribution is -0.121. The highest BCUT2D eigenvalue weighted by molar-refractivity contribution is 5.76. The molecule has 0 spiro atoms. The second-order valence-corrected chi connectivity index (χ2v) is 6.75. The Balaban J connectivity index is 1.53. The smallest absolute Gasteiger partial charge is 0.223 e. The number of ether oxygens (including phenoxy) is 2. The summed E-state index contributed by atoms with van der Waals surface area (Å²) in [7, 11) is 1.68. The van der Waals surface area contributed by atoms with Gasteiger partial charge in [0.05, 0.1) is 26.2 Å². The molecule has 0 radical (unpaired) electrons. The zero-order valence-corrected chi connectivity index (χ0v) is 15.9. The Hall–Kier alpha value is -2.53. The molecule has 0 aliphatic carbocycles. The van der Waals surface area contributed by atoms with Crippen molar-refractivity contribution in [2.45, 2.75) is 25.3 Å². The summed E-state index contributed by atoms with van der Waals surface area (Å²) in [5.74, 6) is 1.65. The third kappa shape index (κ3) is 5.73. The van der Waals surface area contributed by atoms with Crippen LogP contribution >= 0.6 is 0 Å². The lowest BCUT2D eigenvalue weighted by Gasteiger charge is -2.28. The Morgan fingerprint density at radius 2 is 1.81 bits per heavy atom. The van der Waals surface area contributed by atoms with E-state index >= 15 is 0 Å². The van der Waals surface area contributed by atoms with Crippen molar-refractivity contribution >= 4 is 5.91 Å². The topological polar surface area (TPSA) is 50.8 Å². The molecule has 5 nitrogen and oxygen atoms in total. The van der Waals surface area contributed by atoms with E-state index in [1.165, 1.54) is 18.4 Å². The first-order chi connectivity index (χ1) is 13.3. The molecule has 0 saturated carbocycles. The number of hydrogen-bond acceptors (Lipinski definition) is 4. The predicted octanol–water partition coefficient (Wildman–Crippen LogP) is 3.42. The first-order valence-electron chi connectivity index (χ1n) is 9.59. The van der Waals surface area contributed by atoms with Crippen LogP contribution in [0.25, 0.3) is 0 Å². The molecule has 2 aromatic rings. The first kappa shape index (κ1) is 19.2. The summed E-state index contributed by atoms with van der Waals surface area (Å²) in [6.45, 7) is 3.10. The maximum absolute atomic E-state index is 12.3. The fraction of sp³-hybridized carbons (Fsp3) is 0.409. The van der Waals surface area contributed by atoms with Crippen LogP contribution in [0.3, 0.4) is 0 Å². The Morgan fingerprint density at radius 3 is 2.56 bits per heavy atom. The van der Waals surface area contributed by atoms with E-state index in [1.807, 2.05) is 42.5 Å². The van der Waals surface area contributed by atoms with Crippen LogP contribution in [0, 0.1) is 0 Å². The fourth-order valence-electron chi connectivity index (χ4n) is 3.44. The zero-order chi connectivity index (χ0) is 18.9. The van der Waals surface area contributed by atoms with Gasteiger partial charge in [0, 0.05) is 6.54 Å². The van der Waals surface area contributed by atoms with E-state index in [-0.39, 0.29) is 11.9 Å². The van der Waals surface area contributed by atoms with Gasteiger partial charge >= 0.3 is 0 Å². The molecule has 1 unspecified atom stereocenters. The average molecular weight is 368 g/mol. The number of methoxy groups -OCH3 is 1. The van der Waals surface area contributed by atoms with Gasteiger partial charge in [0.25, 0.3) is 0 Å². The lowest BCUT2D eigenvalue weighted by atomic mass is 10.0. The van der Waals surface area contributed by atoms with Gasteiger partial charge in [-0.3, -0.25) is 9.69 Å². The van der Waals surface area contributed by atoms with Gasteiger partial charge < -0.3 is 14.8 Å². The molecule has 5 heteroatoms. The summed E-state index contributed by atoms with van der Waals surface area (Å²) in [5, 5.41) is 3.08. The minimum absolute atomic E-state index is 0.0121. The summed E-state index contributed by atoms with van der Waals surface area (Å²) >= 11 is 0. The minimum Gasteiger partial charge on any atom is -0.497 e. The Morgan fingerprint density at radius 1 is 1.07 bits per heavy atom. The van der Waals surface area contributed by atoms with Crippen LogP contribution in [-0.2, 0) is 4.79 Å². The van der Waals surface area contributed by atoms with Crippen molar-refractivity contribution in [1.29, 1.82) is 0 Å².